The van der Waals surface area contributed by atoms with Crippen molar-refractivity contribution in [2.45, 2.75) is 0 Å². The molecule has 0 bridgehead atoms. The molecule has 0 fully saturated rings. The Morgan fingerprint density at radius 2 is 0.893 bits per heavy atom. The molecule has 262 valence electrons. The van der Waals surface area contributed by atoms with Crippen LogP contribution in [0.5, 0.6) is 0 Å². The molecule has 12 rings (SSSR count). The fraction of sp³-hybridized carbons (Fsp3) is 0. The van der Waals surface area contributed by atoms with Crippen molar-refractivity contribution in [1.82, 2.24) is 23.9 Å². The van der Waals surface area contributed by atoms with Crippen molar-refractivity contribution < 1.29 is 4.42 Å². The molecule has 0 N–H and O–H groups in total. The van der Waals surface area contributed by atoms with E-state index in [4.69, 9.17) is 14.6 Å². The van der Waals surface area contributed by atoms with Gasteiger partial charge in [-0.2, -0.15) is 0 Å². The van der Waals surface area contributed by atoms with E-state index in [9.17, 15) is 0 Å². The summed E-state index contributed by atoms with van der Waals surface area (Å²) >= 11 is 0. The zero-order valence-corrected chi connectivity index (χ0v) is 30.0. The maximum atomic E-state index is 6.43. The molecule has 0 aliphatic carbocycles. The molecule has 0 spiro atoms. The smallest absolute Gasteiger partial charge is 0.168 e. The van der Waals surface area contributed by atoms with Crippen molar-refractivity contribution in [3.8, 4) is 39.8 Å². The van der Waals surface area contributed by atoms with Crippen LogP contribution in [0.2, 0.25) is 0 Å². The number of rotatable bonds is 5. The average molecular weight is 718 g/mol. The second kappa shape index (κ2) is 11.9. The Morgan fingerprint density at radius 1 is 0.339 bits per heavy atom. The van der Waals surface area contributed by atoms with Crippen molar-refractivity contribution in [2.24, 2.45) is 0 Å². The van der Waals surface area contributed by atoms with Crippen molar-refractivity contribution in [2.75, 3.05) is 0 Å². The molecule has 0 radical (unpaired) electrons. The van der Waals surface area contributed by atoms with Crippen molar-refractivity contribution >= 4 is 65.6 Å². The minimum absolute atomic E-state index is 0.782. The Labute approximate surface area is 320 Å². The van der Waals surface area contributed by atoms with Crippen LogP contribution in [0.4, 0.5) is 0 Å². The van der Waals surface area contributed by atoms with Gasteiger partial charge < -0.3 is 13.6 Å². The van der Waals surface area contributed by atoms with Crippen LogP contribution in [0.15, 0.2) is 192 Å². The van der Waals surface area contributed by atoms with E-state index in [1.54, 1.807) is 0 Å². The molecular weight excluding hydrogens is 687 g/mol. The van der Waals surface area contributed by atoms with Crippen molar-refractivity contribution in [1.29, 1.82) is 0 Å². The Hall–Kier alpha value is -7.70. The summed E-state index contributed by atoms with van der Waals surface area (Å²) in [5.41, 5.74) is 11.3. The van der Waals surface area contributed by atoms with Crippen LogP contribution in [-0.2, 0) is 0 Å². The summed E-state index contributed by atoms with van der Waals surface area (Å²) in [6, 6.07) is 66.2. The van der Waals surface area contributed by atoms with E-state index in [2.05, 4.69) is 153 Å². The first kappa shape index (κ1) is 30.7. The highest BCUT2D eigenvalue weighted by molar-refractivity contribution is 6.17. The highest BCUT2D eigenvalue weighted by atomic mass is 16.3. The zero-order chi connectivity index (χ0) is 36.7. The van der Waals surface area contributed by atoms with E-state index in [0.29, 0.717) is 0 Å². The zero-order valence-electron chi connectivity index (χ0n) is 30.0. The number of hydrogen-bond donors (Lipinski definition) is 0. The number of nitrogens with zero attached hydrogens (tertiary/aromatic N) is 5. The highest BCUT2D eigenvalue weighted by Crippen LogP contribution is 2.41. The van der Waals surface area contributed by atoms with Gasteiger partial charge in [-0.25, -0.2) is 0 Å². The molecule has 0 saturated carbocycles. The summed E-state index contributed by atoms with van der Waals surface area (Å²) in [4.78, 5) is 0. The van der Waals surface area contributed by atoms with Crippen LogP contribution in [0.3, 0.4) is 0 Å². The topological polar surface area (TPSA) is 53.7 Å². The first-order valence-electron chi connectivity index (χ1n) is 18.8. The predicted octanol–water partition coefficient (Wildman–Crippen LogP) is 12.7. The molecule has 0 amide bonds. The summed E-state index contributed by atoms with van der Waals surface area (Å²) in [7, 11) is 0. The SMILES string of the molecule is c1ccc(-c2nnc(-c3ccccc3)n2-c2cccc3c4ccccc4n(-c4cccc(-n5c6ccccc6c6cc7c(cc65)oc5ccccc57)c4)c23)cc1. The fourth-order valence-electron chi connectivity index (χ4n) is 8.75. The number of hydrogen-bond acceptors (Lipinski definition) is 3. The molecule has 0 saturated heterocycles. The van der Waals surface area contributed by atoms with Crippen LogP contribution in [0, 0.1) is 0 Å². The van der Waals surface area contributed by atoms with Gasteiger partial charge in [0.25, 0.3) is 0 Å². The van der Waals surface area contributed by atoms with Crippen LogP contribution in [-0.4, -0.2) is 23.9 Å². The second-order valence-corrected chi connectivity index (χ2v) is 14.3. The Balaban J connectivity index is 1.14. The van der Waals surface area contributed by atoms with Crippen molar-refractivity contribution in [3.05, 3.63) is 188 Å². The van der Waals surface area contributed by atoms with E-state index in [0.717, 1.165) is 89.2 Å². The van der Waals surface area contributed by atoms with Gasteiger partial charge in [0.1, 0.15) is 11.2 Å². The lowest BCUT2D eigenvalue weighted by Gasteiger charge is -2.16. The minimum atomic E-state index is 0.782. The molecule has 12 aromatic rings. The van der Waals surface area contributed by atoms with Gasteiger partial charge in [0.2, 0.25) is 0 Å². The Bertz CT molecular complexity index is 3420. The lowest BCUT2D eigenvalue weighted by Crippen LogP contribution is -2.04. The molecule has 4 aromatic heterocycles. The van der Waals surface area contributed by atoms with E-state index in [-0.39, 0.29) is 0 Å². The quantitative estimate of drug-likeness (QED) is 0.178. The Morgan fingerprint density at radius 3 is 1.61 bits per heavy atom. The summed E-state index contributed by atoms with van der Waals surface area (Å²) in [6.45, 7) is 0. The third-order valence-electron chi connectivity index (χ3n) is 11.2. The summed E-state index contributed by atoms with van der Waals surface area (Å²) in [5.74, 6) is 1.56. The van der Waals surface area contributed by atoms with Gasteiger partial charge in [0.05, 0.1) is 27.8 Å². The summed E-state index contributed by atoms with van der Waals surface area (Å²) in [5, 5.41) is 16.7. The highest BCUT2D eigenvalue weighted by Gasteiger charge is 2.23. The number of fused-ring (bicyclic) bond motifs is 9. The van der Waals surface area contributed by atoms with Crippen LogP contribution >= 0.6 is 0 Å². The first-order valence-corrected chi connectivity index (χ1v) is 18.8. The standard InChI is InChI=1S/C50H31N5O/c1-3-15-32(16-4-1)49-51-52-50(33-17-5-2-6-18-33)55(49)44-27-14-24-39-36-21-7-11-26-43(36)54(48(39)44)35-20-13-19-34(29-35)53-42-25-10-8-22-37(42)40-30-41-38-23-9-12-28-46(38)56-47(41)31-45(40)53/h1-31H. The second-order valence-electron chi connectivity index (χ2n) is 14.3. The molecule has 0 atom stereocenters. The van der Waals surface area contributed by atoms with Crippen LogP contribution in [0.25, 0.3) is 105 Å². The lowest BCUT2D eigenvalue weighted by molar-refractivity contribution is 0.669. The molecule has 0 unspecified atom stereocenters. The summed E-state index contributed by atoms with van der Waals surface area (Å²) < 4.78 is 13.4. The largest absolute Gasteiger partial charge is 0.456 e. The number of aromatic nitrogens is 5. The van der Waals surface area contributed by atoms with E-state index in [1.807, 2.05) is 48.5 Å². The van der Waals surface area contributed by atoms with Gasteiger partial charge >= 0.3 is 0 Å². The molecule has 6 nitrogen and oxygen atoms in total. The molecule has 0 aliphatic heterocycles. The molecule has 6 heteroatoms. The average Bonchev–Trinajstić information content (AvgIpc) is 4.03. The molecular formula is C50H31N5O. The van der Waals surface area contributed by atoms with Gasteiger partial charge in [0, 0.05) is 60.9 Å². The Kier molecular flexibility index (Phi) is 6.53. The molecule has 0 aliphatic rings. The lowest BCUT2D eigenvalue weighted by atomic mass is 10.1. The van der Waals surface area contributed by atoms with Crippen LogP contribution < -0.4 is 0 Å². The third kappa shape index (κ3) is 4.44. The fourth-order valence-corrected chi connectivity index (χ4v) is 8.75. The van der Waals surface area contributed by atoms with Gasteiger partial charge in [0.15, 0.2) is 11.6 Å². The van der Waals surface area contributed by atoms with E-state index >= 15 is 0 Å². The first-order chi connectivity index (χ1) is 27.8. The monoisotopic (exact) mass is 717 g/mol. The predicted molar refractivity (Wildman–Crippen MR) is 228 cm³/mol. The number of benzene rings is 8. The van der Waals surface area contributed by atoms with Gasteiger partial charge in [-0.3, -0.25) is 4.57 Å². The maximum Gasteiger partial charge on any atom is 0.168 e. The van der Waals surface area contributed by atoms with Gasteiger partial charge in [-0.15, -0.1) is 10.2 Å². The molecule has 4 heterocycles. The minimum Gasteiger partial charge on any atom is -0.456 e. The van der Waals surface area contributed by atoms with Gasteiger partial charge in [-0.1, -0.05) is 133 Å². The van der Waals surface area contributed by atoms with E-state index in [1.165, 1.54) is 16.2 Å². The number of furan rings is 1. The van der Waals surface area contributed by atoms with Crippen LogP contribution in [0.1, 0.15) is 0 Å². The third-order valence-corrected chi connectivity index (χ3v) is 11.2. The molecule has 8 aromatic carbocycles. The maximum absolute atomic E-state index is 6.43. The normalized spacial score (nSPS) is 11.9. The summed E-state index contributed by atoms with van der Waals surface area (Å²) in [6.07, 6.45) is 0. The number of para-hydroxylation sites is 4. The van der Waals surface area contributed by atoms with E-state index < -0.39 is 0 Å². The molecule has 56 heavy (non-hydrogen) atoms. The van der Waals surface area contributed by atoms with Gasteiger partial charge in [-0.05, 0) is 48.5 Å². The van der Waals surface area contributed by atoms with Crippen molar-refractivity contribution in [3.63, 3.8) is 0 Å².